The highest BCUT2D eigenvalue weighted by Crippen LogP contribution is 2.25. The average Bonchev–Trinajstić information content (AvgIpc) is 2.80. The molecule has 0 radical (unpaired) electrons. The van der Waals surface area contributed by atoms with E-state index in [2.05, 4.69) is 5.32 Å². The maximum Gasteiger partial charge on any atom is 0.170 e. The number of benzene rings is 1. The lowest BCUT2D eigenvalue weighted by Crippen LogP contribution is -2.27. The van der Waals surface area contributed by atoms with Crippen molar-refractivity contribution in [2.45, 2.75) is 25.8 Å². The van der Waals surface area contributed by atoms with Gasteiger partial charge in [-0.15, -0.1) is 0 Å². The minimum absolute atomic E-state index is 0.135. The zero-order valence-electron chi connectivity index (χ0n) is 9.89. The van der Waals surface area contributed by atoms with Crippen molar-refractivity contribution in [3.8, 4) is 0 Å². The molecule has 0 amide bonds. The molecule has 92 valence electrons. The molecule has 2 nitrogen and oxygen atoms in total. The van der Waals surface area contributed by atoms with Gasteiger partial charge in [0, 0.05) is 6.04 Å². The molecule has 4 heteroatoms. The van der Waals surface area contributed by atoms with Gasteiger partial charge in [0.2, 0.25) is 0 Å². The molecule has 1 atom stereocenters. The molecule has 2 rings (SSSR count). The molecule has 0 aliphatic rings. The van der Waals surface area contributed by atoms with E-state index in [-0.39, 0.29) is 11.4 Å². The maximum atomic E-state index is 13.8. The van der Waals surface area contributed by atoms with E-state index < -0.39 is 11.6 Å². The van der Waals surface area contributed by atoms with Gasteiger partial charge in [0.25, 0.3) is 0 Å². The van der Waals surface area contributed by atoms with Gasteiger partial charge in [0.1, 0.15) is 5.58 Å². The predicted octanol–water partition coefficient (Wildman–Crippen LogP) is 3.25. The Morgan fingerprint density at radius 1 is 1.35 bits per heavy atom. The van der Waals surface area contributed by atoms with Gasteiger partial charge in [0.05, 0.1) is 11.6 Å². The monoisotopic (exact) mass is 239 g/mol. The van der Waals surface area contributed by atoms with E-state index in [4.69, 9.17) is 4.42 Å². The van der Waals surface area contributed by atoms with Crippen molar-refractivity contribution in [2.75, 3.05) is 7.05 Å². The van der Waals surface area contributed by atoms with Crippen LogP contribution in [0.2, 0.25) is 0 Å². The molecule has 1 aromatic heterocycles. The first kappa shape index (κ1) is 12.0. The van der Waals surface area contributed by atoms with Crippen molar-refractivity contribution in [1.82, 2.24) is 5.32 Å². The summed E-state index contributed by atoms with van der Waals surface area (Å²) >= 11 is 0. The van der Waals surface area contributed by atoms with Crippen LogP contribution in [-0.2, 0) is 6.42 Å². The summed E-state index contributed by atoms with van der Waals surface area (Å²) in [5.41, 5.74) is 0.746. The Morgan fingerprint density at radius 3 is 2.76 bits per heavy atom. The summed E-state index contributed by atoms with van der Waals surface area (Å²) in [6.07, 6.45) is 2.67. The molecule has 1 N–H and O–H groups in total. The van der Waals surface area contributed by atoms with Crippen LogP contribution in [0.1, 0.15) is 18.9 Å². The molecule has 2 aromatic rings. The molecular weight excluding hydrogens is 224 g/mol. The number of halogens is 2. The van der Waals surface area contributed by atoms with Gasteiger partial charge in [-0.1, -0.05) is 6.92 Å². The SMILES string of the molecule is CCC(Cc1cc2occc2c(F)c1F)NC. The highest BCUT2D eigenvalue weighted by Gasteiger charge is 2.17. The van der Waals surface area contributed by atoms with Crippen LogP contribution in [0.25, 0.3) is 11.0 Å². The molecule has 1 heterocycles. The summed E-state index contributed by atoms with van der Waals surface area (Å²) in [6, 6.07) is 3.15. The maximum absolute atomic E-state index is 13.8. The minimum Gasteiger partial charge on any atom is -0.464 e. The second-order valence-electron chi connectivity index (χ2n) is 4.09. The number of rotatable bonds is 4. The lowest BCUT2D eigenvalue weighted by atomic mass is 10.0. The zero-order chi connectivity index (χ0) is 12.4. The third-order valence-electron chi connectivity index (χ3n) is 3.08. The summed E-state index contributed by atoms with van der Waals surface area (Å²) in [5, 5.41) is 3.27. The fourth-order valence-electron chi connectivity index (χ4n) is 1.96. The molecule has 17 heavy (non-hydrogen) atoms. The van der Waals surface area contributed by atoms with Crippen molar-refractivity contribution >= 4 is 11.0 Å². The molecule has 0 bridgehead atoms. The molecule has 0 saturated carbocycles. The highest BCUT2D eigenvalue weighted by atomic mass is 19.2. The fraction of sp³-hybridized carbons (Fsp3) is 0.385. The van der Waals surface area contributed by atoms with Crippen LogP contribution in [0.3, 0.4) is 0 Å². The van der Waals surface area contributed by atoms with E-state index in [0.29, 0.717) is 17.6 Å². The second kappa shape index (κ2) is 4.84. The van der Waals surface area contributed by atoms with Crippen molar-refractivity contribution < 1.29 is 13.2 Å². The van der Waals surface area contributed by atoms with Crippen molar-refractivity contribution in [3.63, 3.8) is 0 Å². The largest absolute Gasteiger partial charge is 0.464 e. The van der Waals surface area contributed by atoms with Crippen LogP contribution in [0.15, 0.2) is 22.8 Å². The van der Waals surface area contributed by atoms with E-state index in [9.17, 15) is 8.78 Å². The van der Waals surface area contributed by atoms with Crippen LogP contribution in [0, 0.1) is 11.6 Å². The molecule has 0 fully saturated rings. The molecule has 1 unspecified atom stereocenters. The van der Waals surface area contributed by atoms with Crippen LogP contribution in [0.4, 0.5) is 8.78 Å². The Bertz CT molecular complexity index is 517. The Balaban J connectivity index is 2.43. The van der Waals surface area contributed by atoms with E-state index in [1.165, 1.54) is 12.3 Å². The first-order valence-corrected chi connectivity index (χ1v) is 5.68. The molecular formula is C13H15F2NO. The second-order valence-corrected chi connectivity index (χ2v) is 4.09. The van der Waals surface area contributed by atoms with Gasteiger partial charge in [-0.25, -0.2) is 8.78 Å². The van der Waals surface area contributed by atoms with E-state index in [0.717, 1.165) is 6.42 Å². The van der Waals surface area contributed by atoms with Gasteiger partial charge in [-0.3, -0.25) is 0 Å². The summed E-state index contributed by atoms with van der Waals surface area (Å²) in [7, 11) is 1.81. The lowest BCUT2D eigenvalue weighted by Gasteiger charge is -2.14. The number of hydrogen-bond acceptors (Lipinski definition) is 2. The molecule has 1 aromatic carbocycles. The van der Waals surface area contributed by atoms with Crippen molar-refractivity contribution in [1.29, 1.82) is 0 Å². The quantitative estimate of drug-likeness (QED) is 0.886. The summed E-state index contributed by atoms with van der Waals surface area (Å²) in [5.74, 6) is -1.59. The smallest absolute Gasteiger partial charge is 0.170 e. The van der Waals surface area contributed by atoms with E-state index in [1.807, 2.05) is 14.0 Å². The van der Waals surface area contributed by atoms with E-state index >= 15 is 0 Å². The van der Waals surface area contributed by atoms with Crippen LogP contribution in [0.5, 0.6) is 0 Å². The highest BCUT2D eigenvalue weighted by molar-refractivity contribution is 5.78. The summed E-state index contributed by atoms with van der Waals surface area (Å²) in [4.78, 5) is 0. The Hall–Kier alpha value is -1.42. The average molecular weight is 239 g/mol. The summed E-state index contributed by atoms with van der Waals surface area (Å²) < 4.78 is 32.6. The third kappa shape index (κ3) is 2.17. The Morgan fingerprint density at radius 2 is 2.12 bits per heavy atom. The molecule has 0 spiro atoms. The number of fused-ring (bicyclic) bond motifs is 1. The molecule has 0 aliphatic carbocycles. The minimum atomic E-state index is -0.822. The Kier molecular flexibility index (Phi) is 3.43. The number of furan rings is 1. The van der Waals surface area contributed by atoms with Gasteiger partial charge in [-0.2, -0.15) is 0 Å². The van der Waals surface area contributed by atoms with Crippen LogP contribution >= 0.6 is 0 Å². The standard InChI is InChI=1S/C13H15F2NO/c1-3-9(16-2)6-8-7-11-10(4-5-17-11)13(15)12(8)14/h4-5,7,9,16H,3,6H2,1-2H3. The third-order valence-corrected chi connectivity index (χ3v) is 3.08. The summed E-state index contributed by atoms with van der Waals surface area (Å²) in [6.45, 7) is 2.00. The van der Waals surface area contributed by atoms with Gasteiger partial charge in [0.15, 0.2) is 11.6 Å². The van der Waals surface area contributed by atoms with E-state index in [1.54, 1.807) is 6.07 Å². The van der Waals surface area contributed by atoms with Gasteiger partial charge < -0.3 is 9.73 Å². The lowest BCUT2D eigenvalue weighted by molar-refractivity contribution is 0.483. The first-order valence-electron chi connectivity index (χ1n) is 5.68. The normalized spacial score (nSPS) is 13.2. The van der Waals surface area contributed by atoms with Crippen molar-refractivity contribution in [3.05, 3.63) is 35.6 Å². The predicted molar refractivity (Wildman–Crippen MR) is 63.0 cm³/mol. The number of nitrogens with one attached hydrogen (secondary N) is 1. The topological polar surface area (TPSA) is 25.2 Å². The zero-order valence-corrected chi connectivity index (χ0v) is 9.89. The van der Waals surface area contributed by atoms with Gasteiger partial charge >= 0.3 is 0 Å². The number of likely N-dealkylation sites (N-methyl/N-ethyl adjacent to an activating group) is 1. The first-order chi connectivity index (χ1) is 8.17. The van der Waals surface area contributed by atoms with Gasteiger partial charge in [-0.05, 0) is 37.6 Å². The van der Waals surface area contributed by atoms with Crippen LogP contribution < -0.4 is 5.32 Å². The Labute approximate surface area is 98.6 Å². The molecule has 0 saturated heterocycles. The number of hydrogen-bond donors (Lipinski definition) is 1. The van der Waals surface area contributed by atoms with Crippen LogP contribution in [-0.4, -0.2) is 13.1 Å². The fourth-order valence-corrected chi connectivity index (χ4v) is 1.96. The molecule has 0 aliphatic heterocycles. The van der Waals surface area contributed by atoms with Crippen molar-refractivity contribution in [2.24, 2.45) is 0 Å².